The molecule has 2 heterocycles. The van der Waals surface area contributed by atoms with Crippen molar-refractivity contribution in [2.75, 3.05) is 13.2 Å². The van der Waals surface area contributed by atoms with Gasteiger partial charge in [0.15, 0.2) is 5.79 Å². The van der Waals surface area contributed by atoms with Gasteiger partial charge in [-0.2, -0.15) is 0 Å². The standard InChI is InChI=1S/C13H24O3/c1-4-5-6-7-8-13-10-14-9-11(13)15-12(2,3)16-13/h11H,4-10H2,1-3H3/t11-,13+/m1/s1. The molecule has 16 heavy (non-hydrogen) atoms. The molecule has 2 aliphatic rings. The van der Waals surface area contributed by atoms with Gasteiger partial charge < -0.3 is 14.2 Å². The number of rotatable bonds is 5. The van der Waals surface area contributed by atoms with Crippen molar-refractivity contribution in [1.82, 2.24) is 0 Å². The SMILES string of the molecule is CCCCCC[C@]12COC[C@H]1OC(C)(C)O2. The van der Waals surface area contributed by atoms with E-state index in [0.717, 1.165) is 6.42 Å². The Balaban J connectivity index is 1.89. The van der Waals surface area contributed by atoms with Crippen LogP contribution in [0.15, 0.2) is 0 Å². The molecule has 0 spiro atoms. The molecule has 0 aliphatic carbocycles. The summed E-state index contributed by atoms with van der Waals surface area (Å²) < 4.78 is 17.5. The van der Waals surface area contributed by atoms with Crippen molar-refractivity contribution in [2.45, 2.75) is 70.4 Å². The molecule has 0 unspecified atom stereocenters. The van der Waals surface area contributed by atoms with Gasteiger partial charge in [0.25, 0.3) is 0 Å². The first kappa shape index (κ1) is 12.3. The molecule has 2 fully saturated rings. The Kier molecular flexibility index (Phi) is 3.57. The molecule has 0 bridgehead atoms. The molecule has 2 atom stereocenters. The van der Waals surface area contributed by atoms with Crippen LogP contribution in [-0.2, 0) is 14.2 Å². The van der Waals surface area contributed by atoms with Gasteiger partial charge in [-0.3, -0.25) is 0 Å². The zero-order valence-corrected chi connectivity index (χ0v) is 10.8. The van der Waals surface area contributed by atoms with Gasteiger partial charge in [-0.15, -0.1) is 0 Å². The third-order valence-corrected chi connectivity index (χ3v) is 3.53. The molecule has 0 radical (unpaired) electrons. The lowest BCUT2D eigenvalue weighted by molar-refractivity contribution is -0.183. The van der Waals surface area contributed by atoms with Crippen LogP contribution in [0.2, 0.25) is 0 Å². The quantitative estimate of drug-likeness (QED) is 0.677. The maximum Gasteiger partial charge on any atom is 0.164 e. The van der Waals surface area contributed by atoms with Crippen molar-refractivity contribution in [3.05, 3.63) is 0 Å². The first-order valence-electron chi connectivity index (χ1n) is 6.54. The largest absolute Gasteiger partial charge is 0.376 e. The summed E-state index contributed by atoms with van der Waals surface area (Å²) in [5.41, 5.74) is -0.156. The van der Waals surface area contributed by atoms with E-state index in [2.05, 4.69) is 6.92 Å². The molecule has 2 saturated heterocycles. The molecule has 0 aromatic heterocycles. The minimum atomic E-state index is -0.431. The fourth-order valence-corrected chi connectivity index (χ4v) is 2.81. The lowest BCUT2D eigenvalue weighted by atomic mass is 9.93. The second-order valence-electron chi connectivity index (χ2n) is 5.50. The fraction of sp³-hybridized carbons (Fsp3) is 1.00. The molecule has 0 saturated carbocycles. The smallest absolute Gasteiger partial charge is 0.164 e. The molecule has 0 amide bonds. The normalized spacial score (nSPS) is 36.6. The monoisotopic (exact) mass is 228 g/mol. The van der Waals surface area contributed by atoms with Crippen LogP contribution in [0.3, 0.4) is 0 Å². The van der Waals surface area contributed by atoms with E-state index in [1.165, 1.54) is 25.7 Å². The Bertz CT molecular complexity index is 239. The van der Waals surface area contributed by atoms with Crippen LogP contribution in [-0.4, -0.2) is 30.7 Å². The van der Waals surface area contributed by atoms with E-state index in [9.17, 15) is 0 Å². The molecule has 2 aliphatic heterocycles. The van der Waals surface area contributed by atoms with Crippen molar-refractivity contribution < 1.29 is 14.2 Å². The first-order chi connectivity index (χ1) is 7.58. The predicted octanol–water partition coefficient (Wildman–Crippen LogP) is 2.88. The van der Waals surface area contributed by atoms with Gasteiger partial charge in [-0.1, -0.05) is 32.6 Å². The van der Waals surface area contributed by atoms with E-state index in [-0.39, 0.29) is 11.7 Å². The summed E-state index contributed by atoms with van der Waals surface area (Å²) in [5, 5.41) is 0. The number of unbranched alkanes of at least 4 members (excludes halogenated alkanes) is 3. The third-order valence-electron chi connectivity index (χ3n) is 3.53. The second-order valence-corrected chi connectivity index (χ2v) is 5.50. The summed E-state index contributed by atoms with van der Waals surface area (Å²) in [5.74, 6) is -0.431. The number of hydrogen-bond acceptors (Lipinski definition) is 3. The Labute approximate surface area is 98.4 Å². The Morgan fingerprint density at radius 3 is 2.75 bits per heavy atom. The summed E-state index contributed by atoms with van der Waals surface area (Å²) in [6.07, 6.45) is 6.30. The van der Waals surface area contributed by atoms with Crippen molar-refractivity contribution in [2.24, 2.45) is 0 Å². The van der Waals surface area contributed by atoms with Gasteiger partial charge in [0.2, 0.25) is 0 Å². The Morgan fingerprint density at radius 1 is 1.19 bits per heavy atom. The van der Waals surface area contributed by atoms with E-state index in [1.54, 1.807) is 0 Å². The molecular formula is C13H24O3. The van der Waals surface area contributed by atoms with E-state index >= 15 is 0 Å². The molecule has 2 rings (SSSR count). The van der Waals surface area contributed by atoms with E-state index in [0.29, 0.717) is 13.2 Å². The minimum absolute atomic E-state index is 0.143. The molecule has 0 N–H and O–H groups in total. The highest BCUT2D eigenvalue weighted by Crippen LogP contribution is 2.43. The van der Waals surface area contributed by atoms with Crippen molar-refractivity contribution in [3.63, 3.8) is 0 Å². The number of hydrogen-bond donors (Lipinski definition) is 0. The Hall–Kier alpha value is -0.120. The highest BCUT2D eigenvalue weighted by Gasteiger charge is 2.56. The molecule has 94 valence electrons. The van der Waals surface area contributed by atoms with Crippen LogP contribution in [0.1, 0.15) is 52.9 Å². The average molecular weight is 228 g/mol. The summed E-state index contributed by atoms with van der Waals surface area (Å²) in [6.45, 7) is 7.63. The molecule has 0 aromatic rings. The van der Waals surface area contributed by atoms with Gasteiger partial charge >= 0.3 is 0 Å². The number of fused-ring (bicyclic) bond motifs is 1. The topological polar surface area (TPSA) is 27.7 Å². The van der Waals surface area contributed by atoms with Gasteiger partial charge in [0, 0.05) is 0 Å². The average Bonchev–Trinajstić information content (AvgIpc) is 2.65. The lowest BCUT2D eigenvalue weighted by Crippen LogP contribution is -2.39. The summed E-state index contributed by atoms with van der Waals surface area (Å²) >= 11 is 0. The summed E-state index contributed by atoms with van der Waals surface area (Å²) in [6, 6.07) is 0. The minimum Gasteiger partial charge on any atom is -0.376 e. The van der Waals surface area contributed by atoms with Crippen molar-refractivity contribution in [3.8, 4) is 0 Å². The summed E-state index contributed by atoms with van der Waals surface area (Å²) in [4.78, 5) is 0. The van der Waals surface area contributed by atoms with Gasteiger partial charge in [-0.25, -0.2) is 0 Å². The second kappa shape index (κ2) is 4.63. The van der Waals surface area contributed by atoms with Crippen LogP contribution in [0.4, 0.5) is 0 Å². The molecule has 3 nitrogen and oxygen atoms in total. The summed E-state index contributed by atoms with van der Waals surface area (Å²) in [7, 11) is 0. The molecule has 0 aromatic carbocycles. The predicted molar refractivity (Wildman–Crippen MR) is 62.3 cm³/mol. The zero-order chi connectivity index (χ0) is 11.6. The highest BCUT2D eigenvalue weighted by molar-refractivity contribution is 4.99. The molecular weight excluding hydrogens is 204 g/mol. The van der Waals surface area contributed by atoms with Crippen LogP contribution >= 0.6 is 0 Å². The lowest BCUT2D eigenvalue weighted by Gasteiger charge is -2.26. The maximum atomic E-state index is 6.09. The third kappa shape index (κ3) is 2.41. The zero-order valence-electron chi connectivity index (χ0n) is 10.8. The van der Waals surface area contributed by atoms with Crippen LogP contribution < -0.4 is 0 Å². The van der Waals surface area contributed by atoms with Crippen molar-refractivity contribution >= 4 is 0 Å². The van der Waals surface area contributed by atoms with Gasteiger partial charge in [0.1, 0.15) is 11.7 Å². The van der Waals surface area contributed by atoms with E-state index in [4.69, 9.17) is 14.2 Å². The Morgan fingerprint density at radius 2 is 2.00 bits per heavy atom. The maximum absolute atomic E-state index is 6.09. The van der Waals surface area contributed by atoms with Crippen LogP contribution in [0, 0.1) is 0 Å². The van der Waals surface area contributed by atoms with Crippen LogP contribution in [0.25, 0.3) is 0 Å². The van der Waals surface area contributed by atoms with E-state index < -0.39 is 5.79 Å². The molecule has 3 heteroatoms. The number of ether oxygens (including phenoxy) is 3. The van der Waals surface area contributed by atoms with Gasteiger partial charge in [-0.05, 0) is 20.3 Å². The van der Waals surface area contributed by atoms with Crippen LogP contribution in [0.5, 0.6) is 0 Å². The fourth-order valence-electron chi connectivity index (χ4n) is 2.81. The first-order valence-corrected chi connectivity index (χ1v) is 6.54. The highest BCUT2D eigenvalue weighted by atomic mass is 16.8. The van der Waals surface area contributed by atoms with Crippen molar-refractivity contribution in [1.29, 1.82) is 0 Å². The van der Waals surface area contributed by atoms with E-state index in [1.807, 2.05) is 13.8 Å². The van der Waals surface area contributed by atoms with Gasteiger partial charge in [0.05, 0.1) is 13.2 Å².